The van der Waals surface area contributed by atoms with Crippen molar-refractivity contribution in [3.05, 3.63) is 23.8 Å². The van der Waals surface area contributed by atoms with Gasteiger partial charge in [-0.2, -0.15) is 0 Å². The third-order valence-electron chi connectivity index (χ3n) is 2.18. The molecule has 1 fully saturated rings. The maximum atomic E-state index is 5.12. The highest BCUT2D eigenvalue weighted by atomic mass is 32.1. The topological polar surface area (TPSA) is 49.8 Å². The van der Waals surface area contributed by atoms with E-state index < -0.39 is 0 Å². The molecule has 1 heterocycles. The molecule has 0 bridgehead atoms. The van der Waals surface area contributed by atoms with Crippen LogP contribution in [0.25, 0.3) is 0 Å². The van der Waals surface area contributed by atoms with Crippen molar-refractivity contribution in [3.8, 4) is 0 Å². The maximum absolute atomic E-state index is 5.12. The summed E-state index contributed by atoms with van der Waals surface area (Å²) in [4.78, 5) is 8.40. The molecule has 2 N–H and O–H groups in total. The van der Waals surface area contributed by atoms with Gasteiger partial charge in [0.1, 0.15) is 0 Å². The van der Waals surface area contributed by atoms with E-state index in [-0.39, 0.29) is 0 Å². The average molecular weight is 222 g/mol. The first-order chi connectivity index (χ1) is 7.24. The van der Waals surface area contributed by atoms with Crippen LogP contribution in [0.15, 0.2) is 12.4 Å². The Kier molecular flexibility index (Phi) is 3.11. The second-order valence-electron chi connectivity index (χ2n) is 3.75. The molecule has 1 aliphatic carbocycles. The molecule has 15 heavy (non-hydrogen) atoms. The highest BCUT2D eigenvalue weighted by Crippen LogP contribution is 2.18. The third-order valence-corrected chi connectivity index (χ3v) is 2.44. The summed E-state index contributed by atoms with van der Waals surface area (Å²) in [6.07, 6.45) is 5.98. The fraction of sp³-hybridized carbons (Fsp3) is 0.500. The molecule has 0 aliphatic heterocycles. The van der Waals surface area contributed by atoms with Gasteiger partial charge in [-0.15, -0.1) is 0 Å². The molecule has 0 atom stereocenters. The molecule has 0 aromatic carbocycles. The van der Waals surface area contributed by atoms with Gasteiger partial charge in [-0.3, -0.25) is 9.97 Å². The second-order valence-corrected chi connectivity index (χ2v) is 4.16. The first kappa shape index (κ1) is 10.3. The minimum atomic E-state index is 0.592. The predicted octanol–water partition coefficient (Wildman–Crippen LogP) is 0.912. The van der Waals surface area contributed by atoms with E-state index in [1.807, 2.05) is 6.92 Å². The van der Waals surface area contributed by atoms with Gasteiger partial charge >= 0.3 is 0 Å². The van der Waals surface area contributed by atoms with Crippen molar-refractivity contribution in [2.24, 2.45) is 0 Å². The fourth-order valence-electron chi connectivity index (χ4n) is 1.15. The van der Waals surface area contributed by atoms with Crippen LogP contribution in [0.5, 0.6) is 0 Å². The van der Waals surface area contributed by atoms with E-state index in [1.54, 1.807) is 12.4 Å². The molecule has 1 saturated carbocycles. The number of thiocarbonyl (C=S) groups is 1. The second kappa shape index (κ2) is 4.53. The van der Waals surface area contributed by atoms with Gasteiger partial charge in [0.25, 0.3) is 0 Å². The Morgan fingerprint density at radius 3 is 2.87 bits per heavy atom. The summed E-state index contributed by atoms with van der Waals surface area (Å²) < 4.78 is 0. The largest absolute Gasteiger partial charge is 0.360 e. The zero-order valence-corrected chi connectivity index (χ0v) is 9.47. The Hall–Kier alpha value is -1.23. The summed E-state index contributed by atoms with van der Waals surface area (Å²) in [5, 5.41) is 7.02. The first-order valence-electron chi connectivity index (χ1n) is 5.06. The molecule has 0 spiro atoms. The van der Waals surface area contributed by atoms with Crippen molar-refractivity contribution in [1.82, 2.24) is 20.6 Å². The molecule has 80 valence electrons. The Morgan fingerprint density at radius 1 is 1.47 bits per heavy atom. The van der Waals surface area contributed by atoms with E-state index in [9.17, 15) is 0 Å². The molecule has 1 aromatic rings. The highest BCUT2D eigenvalue weighted by Gasteiger charge is 2.21. The van der Waals surface area contributed by atoms with Crippen LogP contribution < -0.4 is 10.6 Å². The lowest BCUT2D eigenvalue weighted by Crippen LogP contribution is -2.36. The summed E-state index contributed by atoms with van der Waals surface area (Å²) in [6.45, 7) is 2.55. The number of hydrogen-bond donors (Lipinski definition) is 2. The van der Waals surface area contributed by atoms with Crippen LogP contribution in [-0.4, -0.2) is 21.1 Å². The van der Waals surface area contributed by atoms with Crippen molar-refractivity contribution < 1.29 is 0 Å². The quantitative estimate of drug-likeness (QED) is 0.745. The van der Waals surface area contributed by atoms with E-state index in [2.05, 4.69) is 20.6 Å². The lowest BCUT2D eigenvalue weighted by Gasteiger charge is -2.08. The normalized spacial score (nSPS) is 14.7. The van der Waals surface area contributed by atoms with Crippen LogP contribution >= 0.6 is 12.2 Å². The van der Waals surface area contributed by atoms with Crippen LogP contribution in [-0.2, 0) is 6.54 Å². The molecule has 0 radical (unpaired) electrons. The molecule has 0 saturated heterocycles. The Morgan fingerprint density at radius 2 is 2.27 bits per heavy atom. The molecule has 5 heteroatoms. The predicted molar refractivity (Wildman–Crippen MR) is 62.4 cm³/mol. The average Bonchev–Trinajstić information content (AvgIpc) is 3.01. The molecule has 1 aromatic heterocycles. The Balaban J connectivity index is 1.76. The van der Waals surface area contributed by atoms with Crippen molar-refractivity contribution in [3.63, 3.8) is 0 Å². The van der Waals surface area contributed by atoms with Gasteiger partial charge in [0.2, 0.25) is 0 Å². The summed E-state index contributed by atoms with van der Waals surface area (Å²) in [5.74, 6) is 0. The Labute approximate surface area is 94.5 Å². The van der Waals surface area contributed by atoms with Gasteiger partial charge in [-0.25, -0.2) is 0 Å². The molecular weight excluding hydrogens is 208 g/mol. The van der Waals surface area contributed by atoms with Gasteiger partial charge in [0.15, 0.2) is 5.11 Å². The standard InChI is InChI=1S/C10H14N4S/c1-7-4-12-9(5-11-7)6-13-10(15)14-8-2-3-8/h4-5,8H,2-3,6H2,1H3,(H2,13,14,15). The van der Waals surface area contributed by atoms with Crippen LogP contribution in [0.4, 0.5) is 0 Å². The number of rotatable bonds is 3. The van der Waals surface area contributed by atoms with E-state index >= 15 is 0 Å². The lowest BCUT2D eigenvalue weighted by molar-refractivity contribution is 0.805. The van der Waals surface area contributed by atoms with Gasteiger partial charge in [0, 0.05) is 12.2 Å². The van der Waals surface area contributed by atoms with Crippen LogP contribution in [0, 0.1) is 6.92 Å². The molecular formula is C10H14N4S. The number of aryl methyl sites for hydroxylation is 1. The van der Waals surface area contributed by atoms with Crippen molar-refractivity contribution >= 4 is 17.3 Å². The first-order valence-corrected chi connectivity index (χ1v) is 5.47. The van der Waals surface area contributed by atoms with E-state index in [0.29, 0.717) is 17.7 Å². The minimum Gasteiger partial charge on any atom is -0.360 e. The van der Waals surface area contributed by atoms with Crippen LogP contribution in [0.3, 0.4) is 0 Å². The van der Waals surface area contributed by atoms with E-state index in [1.165, 1.54) is 12.8 Å². The molecule has 4 nitrogen and oxygen atoms in total. The van der Waals surface area contributed by atoms with Crippen LogP contribution in [0.2, 0.25) is 0 Å². The van der Waals surface area contributed by atoms with Gasteiger partial charge in [-0.1, -0.05) is 0 Å². The smallest absolute Gasteiger partial charge is 0.166 e. The van der Waals surface area contributed by atoms with E-state index in [0.717, 1.165) is 11.4 Å². The van der Waals surface area contributed by atoms with Crippen molar-refractivity contribution in [1.29, 1.82) is 0 Å². The zero-order valence-electron chi connectivity index (χ0n) is 8.66. The third kappa shape index (κ3) is 3.43. The fourth-order valence-corrected chi connectivity index (χ4v) is 1.38. The van der Waals surface area contributed by atoms with Gasteiger partial charge in [0.05, 0.1) is 24.1 Å². The zero-order chi connectivity index (χ0) is 10.7. The maximum Gasteiger partial charge on any atom is 0.166 e. The lowest BCUT2D eigenvalue weighted by atomic mass is 10.4. The van der Waals surface area contributed by atoms with Crippen molar-refractivity contribution in [2.75, 3.05) is 0 Å². The monoisotopic (exact) mass is 222 g/mol. The molecule has 0 unspecified atom stereocenters. The van der Waals surface area contributed by atoms with Gasteiger partial charge in [-0.05, 0) is 32.0 Å². The summed E-state index contributed by atoms with van der Waals surface area (Å²) in [5.41, 5.74) is 1.83. The number of nitrogens with one attached hydrogen (secondary N) is 2. The molecule has 2 rings (SSSR count). The van der Waals surface area contributed by atoms with E-state index in [4.69, 9.17) is 12.2 Å². The molecule has 1 aliphatic rings. The molecule has 0 amide bonds. The Bertz CT molecular complexity index is 345. The minimum absolute atomic E-state index is 0.592. The number of nitrogens with zero attached hydrogens (tertiary/aromatic N) is 2. The van der Waals surface area contributed by atoms with Crippen molar-refractivity contribution in [2.45, 2.75) is 32.4 Å². The van der Waals surface area contributed by atoms with Gasteiger partial charge < -0.3 is 10.6 Å². The highest BCUT2D eigenvalue weighted by molar-refractivity contribution is 7.80. The number of aromatic nitrogens is 2. The van der Waals surface area contributed by atoms with Crippen LogP contribution in [0.1, 0.15) is 24.2 Å². The number of hydrogen-bond acceptors (Lipinski definition) is 3. The summed E-state index contributed by atoms with van der Waals surface area (Å²) in [6, 6.07) is 0.592. The summed E-state index contributed by atoms with van der Waals surface area (Å²) >= 11 is 5.12. The SMILES string of the molecule is Cc1cnc(CNC(=S)NC2CC2)cn1. The summed E-state index contributed by atoms with van der Waals surface area (Å²) in [7, 11) is 0.